The summed E-state index contributed by atoms with van der Waals surface area (Å²) in [6.45, 7) is -0.00447. The molecule has 0 atom stereocenters. The molecule has 1 amide bonds. The number of amides is 1. The van der Waals surface area contributed by atoms with Crippen LogP contribution in [-0.4, -0.2) is 26.1 Å². The number of hydrogen-bond donors (Lipinski definition) is 1. The minimum absolute atomic E-state index is 0.00447. The lowest BCUT2D eigenvalue weighted by Gasteiger charge is -2.56. The Morgan fingerprint density at radius 1 is 1.17 bits per heavy atom. The Morgan fingerprint density at radius 3 is 2.48 bits per heavy atom. The van der Waals surface area contributed by atoms with Crippen LogP contribution < -0.4 is 10.1 Å². The van der Waals surface area contributed by atoms with Crippen LogP contribution >= 0.6 is 0 Å². The van der Waals surface area contributed by atoms with E-state index in [0.29, 0.717) is 5.69 Å². The number of rotatable bonds is 6. The molecule has 4 fully saturated rings. The monoisotopic (exact) mass is 396 g/mol. The minimum atomic E-state index is -0.483. The van der Waals surface area contributed by atoms with E-state index in [2.05, 4.69) is 10.4 Å². The molecule has 0 spiro atoms. The van der Waals surface area contributed by atoms with E-state index in [-0.39, 0.29) is 29.6 Å². The van der Waals surface area contributed by atoms with Crippen molar-refractivity contribution < 1.29 is 14.5 Å². The van der Waals surface area contributed by atoms with Gasteiger partial charge in [-0.3, -0.25) is 14.9 Å². The molecule has 29 heavy (non-hydrogen) atoms. The average Bonchev–Trinajstić information content (AvgIpc) is 3.14. The number of carbonyl (C=O) groups is 1. The first-order chi connectivity index (χ1) is 14.0. The van der Waals surface area contributed by atoms with E-state index in [1.54, 1.807) is 30.5 Å². The maximum absolute atomic E-state index is 12.8. The second kappa shape index (κ2) is 6.86. The van der Waals surface area contributed by atoms with Crippen molar-refractivity contribution in [1.82, 2.24) is 15.1 Å². The van der Waals surface area contributed by atoms with Crippen LogP contribution in [0.1, 0.15) is 49.0 Å². The summed E-state index contributed by atoms with van der Waals surface area (Å²) < 4.78 is 7.02. The number of aromatic nitrogens is 2. The highest BCUT2D eigenvalue weighted by Gasteiger charge is 2.51. The molecule has 1 heterocycles. The van der Waals surface area contributed by atoms with E-state index in [1.165, 1.54) is 30.0 Å². The zero-order valence-corrected chi connectivity index (χ0v) is 16.1. The highest BCUT2D eigenvalue weighted by atomic mass is 16.6. The first-order valence-corrected chi connectivity index (χ1v) is 10.2. The molecule has 4 aliphatic carbocycles. The summed E-state index contributed by atoms with van der Waals surface area (Å²) in [4.78, 5) is 23.4. The molecule has 1 aromatic heterocycles. The second-order valence-corrected chi connectivity index (χ2v) is 8.89. The number of para-hydroxylation sites is 2. The molecule has 152 valence electrons. The number of ether oxygens (including phenoxy) is 1. The van der Waals surface area contributed by atoms with E-state index in [0.717, 1.165) is 37.0 Å². The number of hydrogen-bond acceptors (Lipinski definition) is 5. The topological polar surface area (TPSA) is 99.3 Å². The molecule has 0 radical (unpaired) electrons. The maximum Gasteiger partial charge on any atom is 0.311 e. The SMILES string of the molecule is O=C(NC12CC3CC(CC(C3)C1)C2)c1ccn(COc2ccccc2[N+](=O)[O-])n1. The molecule has 0 aliphatic heterocycles. The molecule has 1 N–H and O–H groups in total. The van der Waals surface area contributed by atoms with E-state index in [9.17, 15) is 14.9 Å². The summed E-state index contributed by atoms with van der Waals surface area (Å²) in [7, 11) is 0. The smallest absolute Gasteiger partial charge is 0.311 e. The second-order valence-electron chi connectivity index (χ2n) is 8.89. The lowest BCUT2D eigenvalue weighted by Crippen LogP contribution is -2.59. The van der Waals surface area contributed by atoms with Gasteiger partial charge in [-0.1, -0.05) is 12.1 Å². The molecule has 4 bridgehead atoms. The van der Waals surface area contributed by atoms with Crippen molar-refractivity contribution in [1.29, 1.82) is 0 Å². The third-order valence-corrected chi connectivity index (χ3v) is 6.70. The van der Waals surface area contributed by atoms with Crippen molar-refractivity contribution in [3.63, 3.8) is 0 Å². The Balaban J connectivity index is 1.24. The van der Waals surface area contributed by atoms with Crippen LogP contribution in [0, 0.1) is 27.9 Å². The summed E-state index contributed by atoms with van der Waals surface area (Å²) >= 11 is 0. The molecule has 0 saturated heterocycles. The zero-order valence-electron chi connectivity index (χ0n) is 16.1. The molecule has 2 aromatic rings. The van der Waals surface area contributed by atoms with Gasteiger partial charge in [-0.2, -0.15) is 5.10 Å². The van der Waals surface area contributed by atoms with Crippen LogP contribution in [0.3, 0.4) is 0 Å². The molecular formula is C21H24N4O4. The van der Waals surface area contributed by atoms with E-state index in [1.807, 2.05) is 0 Å². The summed E-state index contributed by atoms with van der Waals surface area (Å²) in [5.41, 5.74) is 0.197. The largest absolute Gasteiger partial charge is 0.464 e. The van der Waals surface area contributed by atoms with Crippen LogP contribution in [-0.2, 0) is 6.73 Å². The van der Waals surface area contributed by atoms with Crippen LogP contribution in [0.25, 0.3) is 0 Å². The third kappa shape index (κ3) is 3.47. The Labute approximate surface area is 168 Å². The first kappa shape index (κ1) is 18.1. The van der Waals surface area contributed by atoms with Crippen molar-refractivity contribution in [3.8, 4) is 5.75 Å². The number of nitro groups is 1. The quantitative estimate of drug-likeness (QED) is 0.595. The third-order valence-electron chi connectivity index (χ3n) is 6.70. The van der Waals surface area contributed by atoms with Gasteiger partial charge in [-0.15, -0.1) is 0 Å². The van der Waals surface area contributed by atoms with Crippen LogP contribution in [0.2, 0.25) is 0 Å². The molecule has 8 heteroatoms. The highest BCUT2D eigenvalue weighted by molar-refractivity contribution is 5.92. The molecule has 1 aromatic carbocycles. The maximum atomic E-state index is 12.8. The Kier molecular flexibility index (Phi) is 4.29. The Morgan fingerprint density at radius 2 is 1.83 bits per heavy atom. The Hall–Kier alpha value is -2.90. The molecule has 4 aliphatic rings. The van der Waals surface area contributed by atoms with Gasteiger partial charge < -0.3 is 10.1 Å². The van der Waals surface area contributed by atoms with Gasteiger partial charge in [-0.25, -0.2) is 4.68 Å². The Bertz CT molecular complexity index is 918. The van der Waals surface area contributed by atoms with Gasteiger partial charge in [0.1, 0.15) is 5.69 Å². The van der Waals surface area contributed by atoms with Crippen LogP contribution in [0.15, 0.2) is 36.5 Å². The lowest BCUT2D eigenvalue weighted by atomic mass is 9.53. The molecule has 4 saturated carbocycles. The number of nitro benzene ring substituents is 1. The highest BCUT2D eigenvalue weighted by Crippen LogP contribution is 2.55. The summed E-state index contributed by atoms with van der Waals surface area (Å²) in [5.74, 6) is 2.31. The normalized spacial score (nSPS) is 29.6. The van der Waals surface area contributed by atoms with Crippen LogP contribution in [0.5, 0.6) is 5.75 Å². The van der Waals surface area contributed by atoms with Gasteiger partial charge in [0.25, 0.3) is 5.91 Å². The zero-order chi connectivity index (χ0) is 20.0. The predicted octanol–water partition coefficient (Wildman–Crippen LogP) is 3.53. The summed E-state index contributed by atoms with van der Waals surface area (Å²) in [6, 6.07) is 7.87. The fourth-order valence-electron chi connectivity index (χ4n) is 5.99. The molecular weight excluding hydrogens is 372 g/mol. The van der Waals surface area contributed by atoms with Crippen molar-refractivity contribution in [2.24, 2.45) is 17.8 Å². The van der Waals surface area contributed by atoms with Crippen molar-refractivity contribution in [2.75, 3.05) is 0 Å². The lowest BCUT2D eigenvalue weighted by molar-refractivity contribution is -0.386. The number of carbonyl (C=O) groups excluding carboxylic acids is 1. The van der Waals surface area contributed by atoms with Gasteiger partial charge >= 0.3 is 5.69 Å². The van der Waals surface area contributed by atoms with Gasteiger partial charge in [0.2, 0.25) is 0 Å². The number of benzene rings is 1. The summed E-state index contributed by atoms with van der Waals surface area (Å²) in [6.07, 6.45) is 8.90. The number of nitrogens with zero attached hydrogens (tertiary/aromatic N) is 3. The average molecular weight is 396 g/mol. The van der Waals surface area contributed by atoms with Gasteiger partial charge in [-0.05, 0) is 68.4 Å². The molecule has 6 rings (SSSR count). The van der Waals surface area contributed by atoms with Crippen molar-refractivity contribution in [3.05, 3.63) is 52.3 Å². The van der Waals surface area contributed by atoms with Crippen molar-refractivity contribution >= 4 is 11.6 Å². The van der Waals surface area contributed by atoms with E-state index >= 15 is 0 Å². The standard InChI is InChI=1S/C21H24N4O4/c26-20(22-21-10-14-7-15(11-21)9-16(8-14)12-21)17-5-6-24(23-17)13-29-19-4-2-1-3-18(19)25(27)28/h1-6,14-16H,7-13H2,(H,22,26). The first-order valence-electron chi connectivity index (χ1n) is 10.2. The van der Waals surface area contributed by atoms with Gasteiger partial charge in [0, 0.05) is 17.8 Å². The van der Waals surface area contributed by atoms with Gasteiger partial charge in [0.15, 0.2) is 12.5 Å². The molecule has 8 nitrogen and oxygen atoms in total. The van der Waals surface area contributed by atoms with Crippen LogP contribution in [0.4, 0.5) is 5.69 Å². The van der Waals surface area contributed by atoms with E-state index < -0.39 is 4.92 Å². The fourth-order valence-corrected chi connectivity index (χ4v) is 5.99. The fraction of sp³-hybridized carbons (Fsp3) is 0.524. The minimum Gasteiger partial charge on any atom is -0.464 e. The summed E-state index contributed by atoms with van der Waals surface area (Å²) in [5, 5.41) is 18.7. The molecule has 0 unspecified atom stereocenters. The predicted molar refractivity (Wildman–Crippen MR) is 104 cm³/mol. The van der Waals surface area contributed by atoms with Crippen molar-refractivity contribution in [2.45, 2.75) is 50.8 Å². The number of nitrogens with one attached hydrogen (secondary N) is 1. The van der Waals surface area contributed by atoms with Gasteiger partial charge in [0.05, 0.1) is 4.92 Å². The van der Waals surface area contributed by atoms with E-state index in [4.69, 9.17) is 4.74 Å².